The molecule has 2 heterocycles. The smallest absolute Gasteiger partial charge is 0.181 e. The van der Waals surface area contributed by atoms with E-state index in [1.807, 2.05) is 6.07 Å². The summed E-state index contributed by atoms with van der Waals surface area (Å²) in [4.78, 5) is 4.39. The lowest BCUT2D eigenvalue weighted by molar-refractivity contribution is 0.265. The number of rotatable bonds is 2. The van der Waals surface area contributed by atoms with Crippen molar-refractivity contribution >= 4 is 44.3 Å². The maximum Gasteiger partial charge on any atom is 0.181 e. The molecule has 0 spiro atoms. The number of aromatic nitrogens is 1. The fraction of sp³-hybridized carbons (Fsp3) is 0.333. The van der Waals surface area contributed by atoms with Crippen LogP contribution in [0.25, 0.3) is 10.2 Å². The number of hydrogen-bond acceptors (Lipinski definition) is 6. The lowest BCUT2D eigenvalue weighted by Gasteiger charge is -2.44. The molecule has 6 heteroatoms. The van der Waals surface area contributed by atoms with Crippen LogP contribution in [0.4, 0.5) is 16.5 Å². The van der Waals surface area contributed by atoms with Crippen molar-refractivity contribution < 1.29 is 0 Å². The van der Waals surface area contributed by atoms with Crippen LogP contribution in [0.3, 0.4) is 0 Å². The Kier molecular flexibility index (Phi) is 3.82. The first-order chi connectivity index (χ1) is 13.2. The normalized spacial score (nSPS) is 24.1. The van der Waals surface area contributed by atoms with E-state index in [4.69, 9.17) is 16.9 Å². The van der Waals surface area contributed by atoms with Gasteiger partial charge in [0.15, 0.2) is 5.13 Å². The SMILES string of the molecule is N=Cc1c(N)ccc2c1[C@H]1CCCC[C@H]1C(c1ccc3nc(N)sc3c1)N2. The molecule has 27 heavy (non-hydrogen) atoms. The van der Waals surface area contributed by atoms with Crippen LogP contribution in [-0.2, 0) is 0 Å². The highest BCUT2D eigenvalue weighted by molar-refractivity contribution is 7.22. The maximum atomic E-state index is 7.89. The van der Waals surface area contributed by atoms with E-state index in [-0.39, 0.29) is 6.04 Å². The molecule has 1 aliphatic heterocycles. The van der Waals surface area contributed by atoms with Crippen molar-refractivity contribution in [1.29, 1.82) is 5.41 Å². The van der Waals surface area contributed by atoms with Crippen LogP contribution in [0.5, 0.6) is 0 Å². The van der Waals surface area contributed by atoms with Gasteiger partial charge in [0, 0.05) is 23.2 Å². The lowest BCUT2D eigenvalue weighted by Crippen LogP contribution is -2.34. The zero-order valence-electron chi connectivity index (χ0n) is 15.0. The van der Waals surface area contributed by atoms with Crippen molar-refractivity contribution in [2.45, 2.75) is 37.6 Å². The van der Waals surface area contributed by atoms with Gasteiger partial charge in [0.1, 0.15) is 0 Å². The number of hydrogen-bond donors (Lipinski definition) is 4. The third-order valence-electron chi connectivity index (χ3n) is 6.18. The van der Waals surface area contributed by atoms with Gasteiger partial charge in [0.2, 0.25) is 0 Å². The first-order valence-corrected chi connectivity index (χ1v) is 10.3. The van der Waals surface area contributed by atoms with Gasteiger partial charge in [0.25, 0.3) is 0 Å². The van der Waals surface area contributed by atoms with E-state index >= 15 is 0 Å². The number of nitrogen functional groups attached to an aromatic ring is 2. The fourth-order valence-electron chi connectivity index (χ4n) is 5.01. The Bertz CT molecular complexity index is 1040. The first kappa shape index (κ1) is 16.6. The number of nitrogens with one attached hydrogen (secondary N) is 2. The standard InChI is InChI=1S/C21H23N5S/c22-10-14-15(23)6-8-17-19(14)12-3-1-2-4-13(12)20(25-17)11-5-7-16-18(9-11)27-21(24)26-16/h5-10,12-13,20,22,25H,1-4,23H2,(H2,24,26)/t12-,13+,20?/m0/s1. The van der Waals surface area contributed by atoms with Gasteiger partial charge in [-0.2, -0.15) is 0 Å². The molecular weight excluding hydrogens is 354 g/mol. The van der Waals surface area contributed by atoms with Crippen molar-refractivity contribution in [2.75, 3.05) is 16.8 Å². The van der Waals surface area contributed by atoms with Gasteiger partial charge in [-0.15, -0.1) is 0 Å². The molecule has 1 fully saturated rings. The Morgan fingerprint density at radius 3 is 2.85 bits per heavy atom. The van der Waals surface area contributed by atoms with Crippen molar-refractivity contribution in [2.24, 2.45) is 5.92 Å². The average molecular weight is 378 g/mol. The van der Waals surface area contributed by atoms with Gasteiger partial charge in [-0.25, -0.2) is 4.98 Å². The first-order valence-electron chi connectivity index (χ1n) is 9.51. The molecule has 2 aromatic carbocycles. The van der Waals surface area contributed by atoms with E-state index < -0.39 is 0 Å². The topological polar surface area (TPSA) is 101 Å². The molecule has 1 aliphatic carbocycles. The summed E-state index contributed by atoms with van der Waals surface area (Å²) in [5.74, 6) is 0.955. The molecule has 5 nitrogen and oxygen atoms in total. The highest BCUT2D eigenvalue weighted by atomic mass is 32.1. The van der Waals surface area contributed by atoms with Crippen LogP contribution in [-0.4, -0.2) is 11.2 Å². The summed E-state index contributed by atoms with van der Waals surface area (Å²) in [7, 11) is 0. The summed E-state index contributed by atoms with van der Waals surface area (Å²) in [6.07, 6.45) is 6.28. The lowest BCUT2D eigenvalue weighted by atomic mass is 9.67. The number of nitrogens with zero attached hydrogens (tertiary/aromatic N) is 1. The van der Waals surface area contributed by atoms with Gasteiger partial charge in [0.05, 0.1) is 16.3 Å². The minimum Gasteiger partial charge on any atom is -0.398 e. The van der Waals surface area contributed by atoms with Crippen LogP contribution in [0.2, 0.25) is 0 Å². The minimum atomic E-state index is 0.262. The molecule has 0 radical (unpaired) electrons. The Morgan fingerprint density at radius 1 is 1.15 bits per heavy atom. The van der Waals surface area contributed by atoms with E-state index in [9.17, 15) is 0 Å². The predicted molar refractivity (Wildman–Crippen MR) is 114 cm³/mol. The van der Waals surface area contributed by atoms with E-state index in [0.717, 1.165) is 27.9 Å². The summed E-state index contributed by atoms with van der Waals surface area (Å²) in [5.41, 5.74) is 18.3. The van der Waals surface area contributed by atoms with Crippen LogP contribution in [0.1, 0.15) is 54.3 Å². The third kappa shape index (κ3) is 2.58. The van der Waals surface area contributed by atoms with E-state index in [1.54, 1.807) is 11.3 Å². The highest BCUT2D eigenvalue weighted by Crippen LogP contribution is 2.52. The fourth-order valence-corrected chi connectivity index (χ4v) is 5.80. The van der Waals surface area contributed by atoms with Crippen LogP contribution in [0.15, 0.2) is 30.3 Å². The van der Waals surface area contributed by atoms with Gasteiger partial charge < -0.3 is 22.2 Å². The molecule has 1 aromatic heterocycles. The van der Waals surface area contributed by atoms with Gasteiger partial charge in [-0.1, -0.05) is 30.2 Å². The van der Waals surface area contributed by atoms with E-state index in [0.29, 0.717) is 22.7 Å². The molecule has 138 valence electrons. The molecule has 5 rings (SSSR count). The van der Waals surface area contributed by atoms with Crippen LogP contribution < -0.4 is 16.8 Å². The third-order valence-corrected chi connectivity index (χ3v) is 7.03. The van der Waals surface area contributed by atoms with Crippen molar-refractivity contribution in [3.8, 4) is 0 Å². The summed E-state index contributed by atoms with van der Waals surface area (Å²) >= 11 is 1.55. The molecule has 1 saturated carbocycles. The second kappa shape index (κ2) is 6.23. The second-order valence-electron chi connectivity index (χ2n) is 7.63. The zero-order valence-corrected chi connectivity index (χ0v) is 15.9. The van der Waals surface area contributed by atoms with Crippen LogP contribution in [0, 0.1) is 11.3 Å². The Hall–Kier alpha value is -2.60. The molecule has 6 N–H and O–H groups in total. The largest absolute Gasteiger partial charge is 0.398 e. The Balaban J connectivity index is 1.64. The number of anilines is 3. The number of thiazole rings is 1. The van der Waals surface area contributed by atoms with Crippen LogP contribution >= 0.6 is 11.3 Å². The van der Waals surface area contributed by atoms with Crippen molar-refractivity contribution in [1.82, 2.24) is 4.98 Å². The van der Waals surface area contributed by atoms with Crippen molar-refractivity contribution in [3.05, 3.63) is 47.0 Å². The number of nitrogens with two attached hydrogens (primary N) is 2. The monoisotopic (exact) mass is 377 g/mol. The molecule has 2 aliphatic rings. The molecule has 0 bridgehead atoms. The predicted octanol–water partition coefficient (Wildman–Crippen LogP) is 4.90. The molecule has 1 unspecified atom stereocenters. The zero-order chi connectivity index (χ0) is 18.5. The van der Waals surface area contributed by atoms with E-state index in [1.165, 1.54) is 36.6 Å². The minimum absolute atomic E-state index is 0.262. The summed E-state index contributed by atoms with van der Waals surface area (Å²) in [6.45, 7) is 0. The summed E-state index contributed by atoms with van der Waals surface area (Å²) in [5, 5.41) is 12.3. The second-order valence-corrected chi connectivity index (χ2v) is 8.69. The number of fused-ring (bicyclic) bond motifs is 4. The molecule has 0 saturated heterocycles. The summed E-state index contributed by atoms with van der Waals surface area (Å²) < 4.78 is 1.14. The molecule has 0 amide bonds. The maximum absolute atomic E-state index is 7.89. The van der Waals surface area contributed by atoms with E-state index in [2.05, 4.69) is 34.6 Å². The average Bonchev–Trinajstić information content (AvgIpc) is 3.06. The quantitative estimate of drug-likeness (QED) is 0.377. The molecule has 3 aromatic rings. The number of benzene rings is 2. The Morgan fingerprint density at radius 2 is 2.00 bits per heavy atom. The molecule has 3 atom stereocenters. The van der Waals surface area contributed by atoms with Gasteiger partial charge in [-0.3, -0.25) is 0 Å². The van der Waals surface area contributed by atoms with Gasteiger partial charge in [-0.05, 0) is 60.1 Å². The highest BCUT2D eigenvalue weighted by Gasteiger charge is 2.40. The summed E-state index contributed by atoms with van der Waals surface area (Å²) in [6, 6.07) is 10.8. The van der Waals surface area contributed by atoms with Crippen molar-refractivity contribution in [3.63, 3.8) is 0 Å². The molecular formula is C21H23N5S. The van der Waals surface area contributed by atoms with Gasteiger partial charge >= 0.3 is 0 Å². The Labute approximate surface area is 162 Å².